The Morgan fingerprint density at radius 2 is 1.56 bits per heavy atom. The molecule has 6 nitrogen and oxygen atoms in total. The third kappa shape index (κ3) is 5.21. The van der Waals surface area contributed by atoms with Gasteiger partial charge in [0, 0.05) is 11.7 Å². The van der Waals surface area contributed by atoms with Crippen molar-refractivity contribution >= 4 is 25.7 Å². The first-order chi connectivity index (χ1) is 11.5. The summed E-state index contributed by atoms with van der Waals surface area (Å²) in [6.45, 7) is 1.52. The van der Waals surface area contributed by atoms with Crippen LogP contribution < -0.4 is 9.44 Å². The average Bonchev–Trinajstić information content (AvgIpc) is 2.48. The van der Waals surface area contributed by atoms with E-state index in [0.717, 1.165) is 18.4 Å². The van der Waals surface area contributed by atoms with Crippen LogP contribution in [0, 0.1) is 11.6 Å². The highest BCUT2D eigenvalue weighted by Crippen LogP contribution is 2.21. The zero-order chi connectivity index (χ0) is 18.8. The third-order valence-electron chi connectivity index (χ3n) is 3.23. The van der Waals surface area contributed by atoms with Gasteiger partial charge in [0.1, 0.15) is 16.5 Å². The molecule has 2 aromatic carbocycles. The van der Waals surface area contributed by atoms with Crippen LogP contribution in [0.5, 0.6) is 0 Å². The zero-order valence-electron chi connectivity index (χ0n) is 13.3. The fourth-order valence-corrected chi connectivity index (χ4v) is 3.99. The van der Waals surface area contributed by atoms with Crippen LogP contribution in [-0.2, 0) is 20.0 Å². The van der Waals surface area contributed by atoms with Crippen molar-refractivity contribution in [3.05, 3.63) is 59.7 Å². The van der Waals surface area contributed by atoms with E-state index in [0.29, 0.717) is 17.3 Å². The number of halogens is 2. The summed E-state index contributed by atoms with van der Waals surface area (Å²) in [7, 11) is -7.70. The van der Waals surface area contributed by atoms with Crippen molar-refractivity contribution < 1.29 is 25.6 Å². The molecule has 0 fully saturated rings. The van der Waals surface area contributed by atoms with Gasteiger partial charge in [0.15, 0.2) is 0 Å². The Morgan fingerprint density at radius 1 is 0.960 bits per heavy atom. The molecule has 0 aromatic heterocycles. The zero-order valence-corrected chi connectivity index (χ0v) is 15.0. The van der Waals surface area contributed by atoms with Crippen LogP contribution in [0.25, 0.3) is 0 Å². The Balaban J connectivity index is 2.21. The predicted molar refractivity (Wildman–Crippen MR) is 90.0 cm³/mol. The number of nitrogens with one attached hydrogen (secondary N) is 2. The molecule has 0 heterocycles. The summed E-state index contributed by atoms with van der Waals surface area (Å²) in [5, 5.41) is 0. The average molecular weight is 390 g/mol. The molecule has 2 aromatic rings. The largest absolute Gasteiger partial charge is 0.284 e. The van der Waals surface area contributed by atoms with Crippen LogP contribution in [0.4, 0.5) is 14.5 Å². The number of rotatable bonds is 6. The lowest BCUT2D eigenvalue weighted by atomic mass is 10.1. The molecule has 0 aliphatic rings. The molecule has 0 unspecified atom stereocenters. The van der Waals surface area contributed by atoms with Crippen molar-refractivity contribution in [3.8, 4) is 0 Å². The van der Waals surface area contributed by atoms with E-state index in [2.05, 4.69) is 9.44 Å². The van der Waals surface area contributed by atoms with Gasteiger partial charge < -0.3 is 0 Å². The number of benzene rings is 2. The minimum absolute atomic E-state index is 0.317. The number of anilines is 1. The highest BCUT2D eigenvalue weighted by Gasteiger charge is 2.22. The highest BCUT2D eigenvalue weighted by atomic mass is 32.2. The molecule has 0 spiro atoms. The van der Waals surface area contributed by atoms with Crippen molar-refractivity contribution in [2.24, 2.45) is 0 Å². The number of hydrogen-bond donors (Lipinski definition) is 2. The van der Waals surface area contributed by atoms with Crippen LogP contribution in [0.3, 0.4) is 0 Å². The summed E-state index contributed by atoms with van der Waals surface area (Å²) >= 11 is 0. The van der Waals surface area contributed by atoms with Gasteiger partial charge in [-0.1, -0.05) is 12.1 Å². The minimum atomic E-state index is -4.28. The van der Waals surface area contributed by atoms with E-state index in [9.17, 15) is 25.6 Å². The maximum absolute atomic E-state index is 13.7. The molecule has 2 rings (SSSR count). The third-order valence-corrected chi connectivity index (χ3v) is 5.39. The smallest absolute Gasteiger partial charge is 0.244 e. The van der Waals surface area contributed by atoms with E-state index >= 15 is 0 Å². The monoisotopic (exact) mass is 390 g/mol. The first-order valence-corrected chi connectivity index (χ1v) is 10.4. The van der Waals surface area contributed by atoms with Crippen molar-refractivity contribution in [2.45, 2.75) is 17.9 Å². The molecular weight excluding hydrogens is 374 g/mol. The molecule has 0 aliphatic carbocycles. The molecule has 2 N–H and O–H groups in total. The summed E-state index contributed by atoms with van der Waals surface area (Å²) in [5.74, 6) is -1.93. The lowest BCUT2D eigenvalue weighted by Gasteiger charge is -2.15. The molecule has 136 valence electrons. The highest BCUT2D eigenvalue weighted by molar-refractivity contribution is 7.92. The van der Waals surface area contributed by atoms with Gasteiger partial charge in [-0.05, 0) is 42.8 Å². The van der Waals surface area contributed by atoms with Crippen molar-refractivity contribution in [1.82, 2.24) is 4.72 Å². The maximum atomic E-state index is 13.7. The SMILES string of the molecule is C[C@H](NS(=O)(=O)c1cc(F)ccc1F)c1ccc(NS(C)(=O)=O)cc1. The van der Waals surface area contributed by atoms with E-state index < -0.39 is 42.6 Å². The van der Waals surface area contributed by atoms with E-state index in [-0.39, 0.29) is 0 Å². The van der Waals surface area contributed by atoms with Crippen molar-refractivity contribution in [1.29, 1.82) is 0 Å². The predicted octanol–water partition coefficient (Wildman–Crippen LogP) is 2.38. The first kappa shape index (κ1) is 19.3. The van der Waals surface area contributed by atoms with E-state index in [1.54, 1.807) is 0 Å². The van der Waals surface area contributed by atoms with Gasteiger partial charge in [-0.15, -0.1) is 0 Å². The van der Waals surface area contributed by atoms with Crippen LogP contribution in [-0.4, -0.2) is 23.1 Å². The van der Waals surface area contributed by atoms with Crippen LogP contribution in [0.15, 0.2) is 47.4 Å². The molecule has 0 radical (unpaired) electrons. The second-order valence-electron chi connectivity index (χ2n) is 5.41. The molecule has 10 heteroatoms. The van der Waals surface area contributed by atoms with Gasteiger partial charge in [-0.25, -0.2) is 30.3 Å². The van der Waals surface area contributed by atoms with Crippen LogP contribution in [0.2, 0.25) is 0 Å². The van der Waals surface area contributed by atoms with Crippen molar-refractivity contribution in [3.63, 3.8) is 0 Å². The summed E-state index contributed by atoms with van der Waals surface area (Å²) in [5.41, 5.74) is 0.830. The fourth-order valence-electron chi connectivity index (χ4n) is 2.10. The second-order valence-corrected chi connectivity index (χ2v) is 8.84. The standard InChI is InChI=1S/C15H16F2N2O4S2/c1-10(11-3-6-13(7-4-11)19-24(2,20)21)18-25(22,23)15-9-12(16)5-8-14(15)17/h3-10,18-19H,1-2H3/t10-/m0/s1. The summed E-state index contributed by atoms with van der Waals surface area (Å²) < 4.78 is 78.2. The Bertz CT molecular complexity index is 975. The van der Waals surface area contributed by atoms with Crippen LogP contribution >= 0.6 is 0 Å². The lowest BCUT2D eigenvalue weighted by Crippen LogP contribution is -2.27. The second kappa shape index (κ2) is 7.06. The molecular formula is C15H16F2N2O4S2. The Hall–Kier alpha value is -2.04. The molecule has 0 bridgehead atoms. The summed E-state index contributed by atoms with van der Waals surface area (Å²) in [6.07, 6.45) is 1.01. The molecule has 0 amide bonds. The van der Waals surface area contributed by atoms with Crippen molar-refractivity contribution in [2.75, 3.05) is 11.0 Å². The van der Waals surface area contributed by atoms with Gasteiger partial charge in [-0.3, -0.25) is 4.72 Å². The van der Waals surface area contributed by atoms with E-state index in [1.165, 1.54) is 31.2 Å². The molecule has 25 heavy (non-hydrogen) atoms. The molecule has 0 saturated heterocycles. The molecule has 0 saturated carbocycles. The minimum Gasteiger partial charge on any atom is -0.284 e. The summed E-state index contributed by atoms with van der Waals surface area (Å²) in [6, 6.07) is 7.37. The summed E-state index contributed by atoms with van der Waals surface area (Å²) in [4.78, 5) is -0.783. The first-order valence-electron chi connectivity index (χ1n) is 7.03. The van der Waals surface area contributed by atoms with Gasteiger partial charge in [0.25, 0.3) is 0 Å². The maximum Gasteiger partial charge on any atom is 0.244 e. The lowest BCUT2D eigenvalue weighted by molar-refractivity contribution is 0.538. The van der Waals surface area contributed by atoms with Crippen LogP contribution in [0.1, 0.15) is 18.5 Å². The molecule has 1 atom stereocenters. The fraction of sp³-hybridized carbons (Fsp3) is 0.200. The van der Waals surface area contributed by atoms with E-state index in [1.807, 2.05) is 0 Å². The van der Waals surface area contributed by atoms with Gasteiger partial charge >= 0.3 is 0 Å². The van der Waals surface area contributed by atoms with Gasteiger partial charge in [0.05, 0.1) is 6.26 Å². The Morgan fingerprint density at radius 3 is 2.12 bits per heavy atom. The van der Waals surface area contributed by atoms with Gasteiger partial charge in [-0.2, -0.15) is 0 Å². The Kier molecular flexibility index (Phi) is 5.45. The quantitative estimate of drug-likeness (QED) is 0.792. The topological polar surface area (TPSA) is 92.3 Å². The number of sulfonamides is 2. The van der Waals surface area contributed by atoms with Gasteiger partial charge in [0.2, 0.25) is 20.0 Å². The number of hydrogen-bond acceptors (Lipinski definition) is 4. The normalized spacial score (nSPS) is 13.4. The Labute approximate surface area is 145 Å². The van der Waals surface area contributed by atoms with E-state index in [4.69, 9.17) is 0 Å². The molecule has 0 aliphatic heterocycles.